The van der Waals surface area contributed by atoms with Crippen molar-refractivity contribution >= 4 is 0 Å². The second-order valence-corrected chi connectivity index (χ2v) is 5.29. The number of nitrogens with zero attached hydrogens (tertiary/aromatic N) is 2. The molecule has 0 aliphatic heterocycles. The van der Waals surface area contributed by atoms with Gasteiger partial charge in [0.2, 0.25) is 5.43 Å². The van der Waals surface area contributed by atoms with Crippen LogP contribution in [0.5, 0.6) is 0 Å². The number of rotatable bonds is 3. The van der Waals surface area contributed by atoms with Gasteiger partial charge in [0.1, 0.15) is 5.69 Å². The van der Waals surface area contributed by atoms with Gasteiger partial charge in [0.15, 0.2) is 0 Å². The largest absolute Gasteiger partial charge is 0.314 e. The van der Waals surface area contributed by atoms with Crippen molar-refractivity contribution < 1.29 is 0 Å². The van der Waals surface area contributed by atoms with Crippen molar-refractivity contribution in [3.8, 4) is 5.69 Å². The Morgan fingerprint density at radius 1 is 1.10 bits per heavy atom. The molecule has 4 heteroatoms. The minimum Gasteiger partial charge on any atom is -0.314 e. The fourth-order valence-electron chi connectivity index (χ4n) is 2.61. The Bertz CT molecular complexity index is 678. The molecule has 0 saturated carbocycles. The first-order chi connectivity index (χ1) is 9.43. The van der Waals surface area contributed by atoms with E-state index < -0.39 is 0 Å². The Balaban J connectivity index is 2.70. The first-order valence-electron chi connectivity index (χ1n) is 6.76. The number of hydrogen-bond acceptors (Lipinski definition) is 3. The van der Waals surface area contributed by atoms with Gasteiger partial charge >= 0.3 is 0 Å². The van der Waals surface area contributed by atoms with Crippen molar-refractivity contribution in [3.05, 3.63) is 56.5 Å². The molecular formula is C16H21N3O. The number of aromatic nitrogens is 2. The lowest BCUT2D eigenvalue weighted by Crippen LogP contribution is -2.23. The number of aryl methyl sites for hydroxylation is 4. The predicted molar refractivity (Wildman–Crippen MR) is 81.5 cm³/mol. The summed E-state index contributed by atoms with van der Waals surface area (Å²) in [5.41, 5.74) is 6.00. The minimum absolute atomic E-state index is 0.0180. The molecule has 1 heterocycles. The molecule has 20 heavy (non-hydrogen) atoms. The Labute approximate surface area is 119 Å². The third kappa shape index (κ3) is 2.65. The number of benzene rings is 1. The second kappa shape index (κ2) is 5.59. The fourth-order valence-corrected chi connectivity index (χ4v) is 2.61. The molecule has 0 aliphatic carbocycles. The summed E-state index contributed by atoms with van der Waals surface area (Å²) in [6.07, 6.45) is 0. The molecule has 4 nitrogen and oxygen atoms in total. The van der Waals surface area contributed by atoms with Crippen LogP contribution in [-0.4, -0.2) is 16.8 Å². The zero-order valence-corrected chi connectivity index (χ0v) is 12.7. The van der Waals surface area contributed by atoms with Crippen LogP contribution in [0.2, 0.25) is 0 Å². The van der Waals surface area contributed by atoms with Crippen LogP contribution in [0.1, 0.15) is 28.1 Å². The van der Waals surface area contributed by atoms with E-state index in [4.69, 9.17) is 0 Å². The van der Waals surface area contributed by atoms with E-state index in [9.17, 15) is 4.79 Å². The van der Waals surface area contributed by atoms with E-state index in [0.717, 1.165) is 22.5 Å². The maximum atomic E-state index is 11.9. The highest BCUT2D eigenvalue weighted by Gasteiger charge is 2.11. The molecule has 0 fully saturated rings. The molecule has 0 unspecified atom stereocenters. The van der Waals surface area contributed by atoms with Gasteiger partial charge < -0.3 is 5.32 Å². The van der Waals surface area contributed by atoms with E-state index in [0.29, 0.717) is 12.2 Å². The Morgan fingerprint density at radius 3 is 2.25 bits per heavy atom. The highest BCUT2D eigenvalue weighted by molar-refractivity contribution is 5.49. The Hall–Kier alpha value is -1.94. The predicted octanol–water partition coefficient (Wildman–Crippen LogP) is 2.19. The zero-order valence-electron chi connectivity index (χ0n) is 12.7. The second-order valence-electron chi connectivity index (χ2n) is 5.29. The van der Waals surface area contributed by atoms with Crippen LogP contribution >= 0.6 is 0 Å². The van der Waals surface area contributed by atoms with Gasteiger partial charge in [0.05, 0.1) is 5.69 Å². The van der Waals surface area contributed by atoms with Gasteiger partial charge in [-0.1, -0.05) is 17.7 Å². The van der Waals surface area contributed by atoms with Crippen LogP contribution in [0, 0.1) is 27.7 Å². The van der Waals surface area contributed by atoms with Gasteiger partial charge in [-0.2, -0.15) is 5.10 Å². The van der Waals surface area contributed by atoms with E-state index in [1.165, 1.54) is 5.56 Å². The lowest BCUT2D eigenvalue weighted by molar-refractivity contribution is 0.700. The Morgan fingerprint density at radius 2 is 1.70 bits per heavy atom. The van der Waals surface area contributed by atoms with E-state index in [1.54, 1.807) is 6.07 Å². The molecule has 0 spiro atoms. The average Bonchev–Trinajstić information content (AvgIpc) is 2.33. The van der Waals surface area contributed by atoms with Crippen molar-refractivity contribution in [3.63, 3.8) is 0 Å². The summed E-state index contributed by atoms with van der Waals surface area (Å²) >= 11 is 0. The van der Waals surface area contributed by atoms with Gasteiger partial charge in [-0.15, -0.1) is 0 Å². The molecule has 1 N–H and O–H groups in total. The van der Waals surface area contributed by atoms with E-state index >= 15 is 0 Å². The van der Waals surface area contributed by atoms with Gasteiger partial charge in [-0.3, -0.25) is 4.79 Å². The van der Waals surface area contributed by atoms with E-state index in [1.807, 2.05) is 18.7 Å². The number of hydrogen-bond donors (Lipinski definition) is 1. The van der Waals surface area contributed by atoms with Crippen LogP contribution in [-0.2, 0) is 6.54 Å². The van der Waals surface area contributed by atoms with Crippen molar-refractivity contribution in [1.29, 1.82) is 0 Å². The molecular weight excluding hydrogens is 250 g/mol. The third-order valence-corrected chi connectivity index (χ3v) is 3.37. The molecule has 2 aromatic rings. The third-order valence-electron chi connectivity index (χ3n) is 3.37. The maximum absolute atomic E-state index is 11.9. The van der Waals surface area contributed by atoms with Crippen LogP contribution < -0.4 is 10.7 Å². The molecule has 1 aromatic heterocycles. The number of nitrogens with one attached hydrogen (secondary N) is 1. The Kier molecular flexibility index (Phi) is 4.04. The smallest absolute Gasteiger partial charge is 0.204 e. The molecule has 2 rings (SSSR count). The first kappa shape index (κ1) is 14.5. The topological polar surface area (TPSA) is 46.9 Å². The summed E-state index contributed by atoms with van der Waals surface area (Å²) in [6, 6.07) is 5.93. The van der Waals surface area contributed by atoms with Gasteiger partial charge in [-0.05, 0) is 45.9 Å². The molecule has 1 aromatic carbocycles. The van der Waals surface area contributed by atoms with Gasteiger partial charge in [-0.25, -0.2) is 4.68 Å². The van der Waals surface area contributed by atoms with Gasteiger partial charge in [0.25, 0.3) is 0 Å². The highest BCUT2D eigenvalue weighted by Crippen LogP contribution is 2.21. The summed E-state index contributed by atoms with van der Waals surface area (Å²) in [5, 5.41) is 7.51. The SMILES string of the molecule is CNCc1nn(-c2c(C)cc(C)cc2C)c(C)cc1=O. The highest BCUT2D eigenvalue weighted by atomic mass is 16.1. The van der Waals surface area contributed by atoms with Gasteiger partial charge in [0, 0.05) is 18.3 Å². The average molecular weight is 271 g/mol. The monoisotopic (exact) mass is 271 g/mol. The zero-order chi connectivity index (χ0) is 14.9. The maximum Gasteiger partial charge on any atom is 0.204 e. The summed E-state index contributed by atoms with van der Waals surface area (Å²) in [7, 11) is 1.81. The summed E-state index contributed by atoms with van der Waals surface area (Å²) in [6.45, 7) is 8.62. The quantitative estimate of drug-likeness (QED) is 0.931. The molecule has 106 valence electrons. The lowest BCUT2D eigenvalue weighted by Gasteiger charge is -2.16. The summed E-state index contributed by atoms with van der Waals surface area (Å²) < 4.78 is 1.87. The first-order valence-corrected chi connectivity index (χ1v) is 6.76. The van der Waals surface area contributed by atoms with Crippen molar-refractivity contribution in [1.82, 2.24) is 15.1 Å². The van der Waals surface area contributed by atoms with Crippen LogP contribution in [0.15, 0.2) is 23.0 Å². The molecule has 0 atom stereocenters. The van der Waals surface area contributed by atoms with Crippen molar-refractivity contribution in [2.75, 3.05) is 7.05 Å². The summed E-state index contributed by atoms with van der Waals surface area (Å²) in [4.78, 5) is 11.9. The normalized spacial score (nSPS) is 10.8. The van der Waals surface area contributed by atoms with Crippen LogP contribution in [0.4, 0.5) is 0 Å². The van der Waals surface area contributed by atoms with Crippen molar-refractivity contribution in [2.45, 2.75) is 34.2 Å². The lowest BCUT2D eigenvalue weighted by atomic mass is 10.0. The molecule has 0 saturated heterocycles. The molecule has 0 amide bonds. The van der Waals surface area contributed by atoms with Crippen LogP contribution in [0.25, 0.3) is 5.69 Å². The minimum atomic E-state index is -0.0180. The van der Waals surface area contributed by atoms with Crippen LogP contribution in [0.3, 0.4) is 0 Å². The molecule has 0 bridgehead atoms. The van der Waals surface area contributed by atoms with E-state index in [-0.39, 0.29) is 5.43 Å². The fraction of sp³-hybridized carbons (Fsp3) is 0.375. The molecule has 0 radical (unpaired) electrons. The summed E-state index contributed by atoms with van der Waals surface area (Å²) in [5.74, 6) is 0. The van der Waals surface area contributed by atoms with E-state index in [2.05, 4.69) is 43.3 Å². The van der Waals surface area contributed by atoms with Crippen molar-refractivity contribution in [2.24, 2.45) is 0 Å². The molecule has 0 aliphatic rings. The standard InChI is InChI=1S/C16H21N3O/c1-10-6-11(2)16(12(3)7-10)19-13(4)8-15(20)14(18-19)9-17-5/h6-8,17H,9H2,1-5H3.